The van der Waals surface area contributed by atoms with Crippen molar-refractivity contribution in [3.8, 4) is 0 Å². The lowest BCUT2D eigenvalue weighted by Crippen LogP contribution is -2.41. The van der Waals surface area contributed by atoms with Crippen LogP contribution in [-0.4, -0.2) is 46.0 Å². The highest BCUT2D eigenvalue weighted by atomic mass is 79.9. The van der Waals surface area contributed by atoms with Gasteiger partial charge >= 0.3 is 0 Å². The minimum Gasteiger partial charge on any atom is -0.452 e. The van der Waals surface area contributed by atoms with Gasteiger partial charge in [0.25, 0.3) is 0 Å². The minimum absolute atomic E-state index is 0.136. The van der Waals surface area contributed by atoms with E-state index in [0.29, 0.717) is 12.3 Å². The Morgan fingerprint density at radius 3 is 2.71 bits per heavy atom. The lowest BCUT2D eigenvalue weighted by Gasteiger charge is -2.20. The molecule has 0 aliphatic carbocycles. The van der Waals surface area contributed by atoms with Crippen LogP contribution in [-0.2, 0) is 16.6 Å². The number of hydrogen-bond acceptors (Lipinski definition) is 5. The van der Waals surface area contributed by atoms with Gasteiger partial charge in [-0.2, -0.15) is 0 Å². The highest BCUT2D eigenvalue weighted by Crippen LogP contribution is 2.26. The molecular formula is C13H22BrN3O3S. The molecule has 21 heavy (non-hydrogen) atoms. The van der Waals surface area contributed by atoms with Crippen LogP contribution in [0.15, 0.2) is 20.0 Å². The summed E-state index contributed by atoms with van der Waals surface area (Å²) in [5.41, 5.74) is 0. The van der Waals surface area contributed by atoms with E-state index in [-0.39, 0.29) is 15.6 Å². The predicted molar refractivity (Wildman–Crippen MR) is 84.6 cm³/mol. The summed E-state index contributed by atoms with van der Waals surface area (Å²) < 4.78 is 33.2. The first kappa shape index (κ1) is 17.0. The Bertz CT molecular complexity index is 567. The lowest BCUT2D eigenvalue weighted by atomic mass is 10.3. The van der Waals surface area contributed by atoms with Gasteiger partial charge in [0, 0.05) is 18.7 Å². The summed E-state index contributed by atoms with van der Waals surface area (Å²) in [7, 11) is -1.80. The van der Waals surface area contributed by atoms with Crippen molar-refractivity contribution in [3.05, 3.63) is 16.5 Å². The quantitative estimate of drug-likeness (QED) is 0.751. The molecule has 0 spiro atoms. The van der Waals surface area contributed by atoms with Crippen LogP contribution in [0.25, 0.3) is 0 Å². The van der Waals surface area contributed by atoms with Gasteiger partial charge in [-0.1, -0.05) is 0 Å². The summed E-state index contributed by atoms with van der Waals surface area (Å²) in [6, 6.07) is 1.41. The van der Waals surface area contributed by atoms with Gasteiger partial charge in [0.1, 0.15) is 10.7 Å². The number of rotatable bonds is 7. The van der Waals surface area contributed by atoms with Crippen LogP contribution < -0.4 is 10.0 Å². The van der Waals surface area contributed by atoms with Gasteiger partial charge in [-0.05, 0) is 55.8 Å². The Hall–Kier alpha value is -0.410. The predicted octanol–water partition coefficient (Wildman–Crippen LogP) is 1.52. The van der Waals surface area contributed by atoms with E-state index in [2.05, 4.69) is 30.9 Å². The minimum atomic E-state index is -3.57. The fourth-order valence-electron chi connectivity index (χ4n) is 2.56. The van der Waals surface area contributed by atoms with E-state index < -0.39 is 10.0 Å². The van der Waals surface area contributed by atoms with Gasteiger partial charge in [-0.15, -0.1) is 0 Å². The molecular weight excluding hydrogens is 358 g/mol. The maximum absolute atomic E-state index is 12.4. The van der Waals surface area contributed by atoms with Gasteiger partial charge in [0.2, 0.25) is 10.0 Å². The zero-order chi connectivity index (χ0) is 15.5. The first-order valence-electron chi connectivity index (χ1n) is 7.10. The second-order valence-corrected chi connectivity index (χ2v) is 7.81. The van der Waals surface area contributed by atoms with E-state index in [1.54, 1.807) is 13.1 Å². The van der Waals surface area contributed by atoms with Gasteiger partial charge in [-0.3, -0.25) is 0 Å². The number of halogens is 1. The second-order valence-electron chi connectivity index (χ2n) is 5.41. The van der Waals surface area contributed by atoms with Crippen LogP contribution in [0.5, 0.6) is 0 Å². The molecule has 0 radical (unpaired) electrons. The zero-order valence-corrected chi connectivity index (χ0v) is 14.8. The van der Waals surface area contributed by atoms with E-state index in [1.807, 2.05) is 6.92 Å². The van der Waals surface area contributed by atoms with E-state index in [0.717, 1.165) is 19.6 Å². The van der Waals surface area contributed by atoms with Crippen LogP contribution in [0.4, 0.5) is 0 Å². The van der Waals surface area contributed by atoms with E-state index in [9.17, 15) is 8.42 Å². The maximum atomic E-state index is 12.4. The molecule has 1 fully saturated rings. The topological polar surface area (TPSA) is 74.6 Å². The largest absolute Gasteiger partial charge is 0.452 e. The normalized spacial score (nSPS) is 18.2. The average Bonchev–Trinajstić information content (AvgIpc) is 2.99. The average molecular weight is 380 g/mol. The first-order valence-corrected chi connectivity index (χ1v) is 9.37. The third kappa shape index (κ3) is 4.53. The van der Waals surface area contributed by atoms with Crippen molar-refractivity contribution in [3.63, 3.8) is 0 Å². The van der Waals surface area contributed by atoms with Gasteiger partial charge in [-0.25, -0.2) is 13.1 Å². The first-order chi connectivity index (χ1) is 9.92. The molecule has 1 saturated heterocycles. The SMILES string of the molecule is CNCc1cc(S(=O)(=O)NC(C)CN2CCCC2)c(Br)o1. The van der Waals surface area contributed by atoms with Crippen LogP contribution in [0.3, 0.4) is 0 Å². The molecule has 2 rings (SSSR count). The fourth-order valence-corrected chi connectivity index (χ4v) is 4.79. The lowest BCUT2D eigenvalue weighted by molar-refractivity contribution is 0.312. The van der Waals surface area contributed by atoms with Crippen molar-refractivity contribution in [2.75, 3.05) is 26.7 Å². The summed E-state index contributed by atoms with van der Waals surface area (Å²) in [4.78, 5) is 2.44. The Morgan fingerprint density at radius 2 is 2.10 bits per heavy atom. The van der Waals surface area contributed by atoms with Crippen LogP contribution >= 0.6 is 15.9 Å². The van der Waals surface area contributed by atoms with E-state index in [4.69, 9.17) is 4.42 Å². The standard InChI is InChI=1S/C13H22BrN3O3S/c1-10(9-17-5-3-4-6-17)16-21(18,19)12-7-11(8-15-2)20-13(12)14/h7,10,15-16H,3-6,8-9H2,1-2H3. The van der Waals surface area contributed by atoms with Crippen molar-refractivity contribution >= 4 is 26.0 Å². The Balaban J connectivity index is 2.03. The molecule has 0 saturated carbocycles. The number of hydrogen-bond donors (Lipinski definition) is 2. The van der Waals surface area contributed by atoms with Gasteiger partial charge in [0.05, 0.1) is 6.54 Å². The highest BCUT2D eigenvalue weighted by molar-refractivity contribution is 9.10. The molecule has 0 bridgehead atoms. The molecule has 1 aliphatic rings. The molecule has 1 atom stereocenters. The summed E-state index contributed by atoms with van der Waals surface area (Å²) in [5, 5.41) is 2.93. The third-order valence-electron chi connectivity index (χ3n) is 3.43. The molecule has 1 unspecified atom stereocenters. The van der Waals surface area contributed by atoms with E-state index in [1.165, 1.54) is 12.8 Å². The van der Waals surface area contributed by atoms with Crippen molar-refractivity contribution < 1.29 is 12.8 Å². The molecule has 0 aromatic carbocycles. The highest BCUT2D eigenvalue weighted by Gasteiger charge is 2.25. The maximum Gasteiger partial charge on any atom is 0.245 e. The van der Waals surface area contributed by atoms with Crippen molar-refractivity contribution in [1.29, 1.82) is 0 Å². The third-order valence-corrected chi connectivity index (χ3v) is 5.88. The fraction of sp³-hybridized carbons (Fsp3) is 0.692. The molecule has 120 valence electrons. The van der Waals surface area contributed by atoms with Crippen LogP contribution in [0.1, 0.15) is 25.5 Å². The molecule has 2 heterocycles. The molecule has 6 nitrogen and oxygen atoms in total. The second kappa shape index (κ2) is 7.23. The van der Waals surface area contributed by atoms with Crippen LogP contribution in [0, 0.1) is 0 Å². The van der Waals surface area contributed by atoms with Gasteiger partial charge in [0.15, 0.2) is 4.67 Å². The number of sulfonamides is 1. The summed E-state index contributed by atoms with van der Waals surface area (Å²) in [6.45, 7) is 5.20. The van der Waals surface area contributed by atoms with Crippen molar-refractivity contribution in [1.82, 2.24) is 14.9 Å². The molecule has 0 amide bonds. The monoisotopic (exact) mass is 379 g/mol. The summed E-state index contributed by atoms with van der Waals surface area (Å²) in [6.07, 6.45) is 2.39. The van der Waals surface area contributed by atoms with E-state index >= 15 is 0 Å². The molecule has 1 aliphatic heterocycles. The van der Waals surface area contributed by atoms with Crippen LogP contribution in [0.2, 0.25) is 0 Å². The summed E-state index contributed by atoms with van der Waals surface area (Å²) in [5.74, 6) is 0.581. The molecule has 2 N–H and O–H groups in total. The van der Waals surface area contributed by atoms with Crippen molar-refractivity contribution in [2.45, 2.75) is 37.2 Å². The smallest absolute Gasteiger partial charge is 0.245 e. The van der Waals surface area contributed by atoms with Gasteiger partial charge < -0.3 is 14.6 Å². The number of nitrogens with one attached hydrogen (secondary N) is 2. The molecule has 1 aromatic heterocycles. The molecule has 8 heteroatoms. The number of nitrogens with zero attached hydrogens (tertiary/aromatic N) is 1. The van der Waals surface area contributed by atoms with Crippen molar-refractivity contribution in [2.24, 2.45) is 0 Å². The summed E-state index contributed by atoms with van der Waals surface area (Å²) >= 11 is 3.18. The Kier molecular flexibility index (Phi) is 5.84. The Morgan fingerprint density at radius 1 is 1.43 bits per heavy atom. The zero-order valence-electron chi connectivity index (χ0n) is 12.4. The number of likely N-dealkylation sites (tertiary alicyclic amines) is 1. The molecule has 1 aromatic rings. The number of furan rings is 1. The Labute approximate surface area is 134 Å².